The molecule has 0 bridgehead atoms. The Labute approximate surface area is 93.1 Å². The molecule has 15 heavy (non-hydrogen) atoms. The van der Waals surface area contributed by atoms with Crippen LogP contribution in [0.5, 0.6) is 0 Å². The van der Waals surface area contributed by atoms with Gasteiger partial charge in [0, 0.05) is 10.6 Å². The molecular weight excluding hydrogens is 212 g/mol. The predicted octanol–water partition coefficient (Wildman–Crippen LogP) is 3.32. The van der Waals surface area contributed by atoms with Crippen LogP contribution >= 0.6 is 11.6 Å². The lowest BCUT2D eigenvalue weighted by Crippen LogP contribution is -1.99. The first-order valence-corrected chi connectivity index (χ1v) is 5.04. The average Bonchev–Trinajstić information content (AvgIpc) is 2.63. The number of hydrogen-bond donors (Lipinski definition) is 1. The quantitative estimate of drug-likeness (QED) is 0.846. The summed E-state index contributed by atoms with van der Waals surface area (Å²) in [5, 5.41) is 10.7. The van der Waals surface area contributed by atoms with Crippen LogP contribution in [0.15, 0.2) is 41.0 Å². The second kappa shape index (κ2) is 4.09. The molecule has 1 aromatic heterocycles. The number of hydrogen-bond acceptors (Lipinski definition) is 2. The van der Waals surface area contributed by atoms with E-state index in [4.69, 9.17) is 16.0 Å². The SMILES string of the molecule is Cc1occc1C(O)c1cccc(Cl)c1. The van der Waals surface area contributed by atoms with E-state index in [1.807, 2.05) is 19.1 Å². The van der Waals surface area contributed by atoms with Crippen LogP contribution in [0.25, 0.3) is 0 Å². The molecule has 0 saturated heterocycles. The molecule has 0 aliphatic rings. The highest BCUT2D eigenvalue weighted by Gasteiger charge is 2.14. The third-order valence-electron chi connectivity index (χ3n) is 2.36. The first-order chi connectivity index (χ1) is 7.18. The summed E-state index contributed by atoms with van der Waals surface area (Å²) in [6, 6.07) is 8.94. The summed E-state index contributed by atoms with van der Waals surface area (Å²) in [7, 11) is 0. The molecule has 3 heteroatoms. The normalized spacial score (nSPS) is 12.7. The highest BCUT2D eigenvalue weighted by Crippen LogP contribution is 2.26. The van der Waals surface area contributed by atoms with Gasteiger partial charge in [-0.05, 0) is 30.7 Å². The first kappa shape index (κ1) is 10.3. The smallest absolute Gasteiger partial charge is 0.107 e. The standard InChI is InChI=1S/C12H11ClO2/c1-8-11(5-6-15-8)12(14)9-3-2-4-10(13)7-9/h2-7,12,14H,1H3. The number of aryl methyl sites for hydroxylation is 1. The minimum atomic E-state index is -0.678. The largest absolute Gasteiger partial charge is 0.469 e. The van der Waals surface area contributed by atoms with Crippen molar-refractivity contribution in [3.63, 3.8) is 0 Å². The van der Waals surface area contributed by atoms with Crippen LogP contribution in [0.1, 0.15) is 23.0 Å². The zero-order valence-electron chi connectivity index (χ0n) is 8.27. The minimum absolute atomic E-state index is 0.618. The fraction of sp³-hybridized carbons (Fsp3) is 0.167. The van der Waals surface area contributed by atoms with Crippen LogP contribution in [-0.4, -0.2) is 5.11 Å². The molecule has 1 unspecified atom stereocenters. The van der Waals surface area contributed by atoms with Crippen molar-refractivity contribution >= 4 is 11.6 Å². The molecule has 1 aromatic carbocycles. The van der Waals surface area contributed by atoms with Gasteiger partial charge in [-0.15, -0.1) is 0 Å². The molecule has 78 valence electrons. The van der Waals surface area contributed by atoms with Crippen molar-refractivity contribution in [1.29, 1.82) is 0 Å². The topological polar surface area (TPSA) is 33.4 Å². The third kappa shape index (κ3) is 2.06. The number of furan rings is 1. The molecule has 0 saturated carbocycles. The Balaban J connectivity index is 2.36. The summed E-state index contributed by atoms with van der Waals surface area (Å²) in [5.74, 6) is 0.725. The summed E-state index contributed by atoms with van der Waals surface area (Å²) in [6.45, 7) is 1.82. The number of rotatable bonds is 2. The van der Waals surface area contributed by atoms with Gasteiger partial charge in [0.25, 0.3) is 0 Å². The van der Waals surface area contributed by atoms with Gasteiger partial charge in [0.1, 0.15) is 11.9 Å². The van der Waals surface area contributed by atoms with Gasteiger partial charge in [0.05, 0.1) is 6.26 Å². The zero-order chi connectivity index (χ0) is 10.8. The second-order valence-corrected chi connectivity index (χ2v) is 3.83. The van der Waals surface area contributed by atoms with Crippen LogP contribution in [0, 0.1) is 6.92 Å². The van der Waals surface area contributed by atoms with Crippen molar-refractivity contribution in [2.75, 3.05) is 0 Å². The number of halogens is 1. The van der Waals surface area contributed by atoms with Gasteiger partial charge >= 0.3 is 0 Å². The highest BCUT2D eigenvalue weighted by atomic mass is 35.5. The van der Waals surface area contributed by atoms with E-state index < -0.39 is 6.10 Å². The lowest BCUT2D eigenvalue weighted by Gasteiger charge is -2.10. The van der Waals surface area contributed by atoms with Gasteiger partial charge in [-0.3, -0.25) is 0 Å². The van der Waals surface area contributed by atoms with Gasteiger partial charge in [-0.1, -0.05) is 23.7 Å². The maximum Gasteiger partial charge on any atom is 0.107 e. The monoisotopic (exact) mass is 222 g/mol. The van der Waals surface area contributed by atoms with Crippen LogP contribution in [0.2, 0.25) is 5.02 Å². The van der Waals surface area contributed by atoms with Crippen LogP contribution in [-0.2, 0) is 0 Å². The molecule has 0 aliphatic carbocycles. The Hall–Kier alpha value is -1.25. The van der Waals surface area contributed by atoms with Crippen molar-refractivity contribution in [2.45, 2.75) is 13.0 Å². The van der Waals surface area contributed by atoms with Crippen LogP contribution < -0.4 is 0 Å². The minimum Gasteiger partial charge on any atom is -0.469 e. The van der Waals surface area contributed by atoms with E-state index in [0.717, 1.165) is 16.9 Å². The summed E-state index contributed by atoms with van der Waals surface area (Å²) in [5.41, 5.74) is 1.55. The third-order valence-corrected chi connectivity index (χ3v) is 2.59. The molecule has 1 N–H and O–H groups in total. The van der Waals surface area contributed by atoms with Gasteiger partial charge in [0.15, 0.2) is 0 Å². The Morgan fingerprint density at radius 3 is 2.73 bits per heavy atom. The van der Waals surface area contributed by atoms with E-state index in [1.54, 1.807) is 24.5 Å². The molecule has 0 aliphatic heterocycles. The van der Waals surface area contributed by atoms with E-state index in [2.05, 4.69) is 0 Å². The molecule has 2 rings (SSSR count). The maximum atomic E-state index is 10.1. The fourth-order valence-corrected chi connectivity index (χ4v) is 1.73. The number of aliphatic hydroxyl groups is 1. The van der Waals surface area contributed by atoms with Crippen molar-refractivity contribution in [3.8, 4) is 0 Å². The van der Waals surface area contributed by atoms with E-state index >= 15 is 0 Å². The van der Waals surface area contributed by atoms with Crippen LogP contribution in [0.4, 0.5) is 0 Å². The van der Waals surface area contributed by atoms with Crippen molar-refractivity contribution in [2.24, 2.45) is 0 Å². The summed E-state index contributed by atoms with van der Waals surface area (Å²) >= 11 is 5.86. The fourth-order valence-electron chi connectivity index (χ4n) is 1.53. The van der Waals surface area contributed by atoms with E-state index in [9.17, 15) is 5.11 Å². The average molecular weight is 223 g/mol. The molecule has 0 amide bonds. The molecule has 2 nitrogen and oxygen atoms in total. The highest BCUT2D eigenvalue weighted by molar-refractivity contribution is 6.30. The zero-order valence-corrected chi connectivity index (χ0v) is 9.03. The van der Waals surface area contributed by atoms with Crippen molar-refractivity contribution in [3.05, 3.63) is 58.5 Å². The summed E-state index contributed by atoms with van der Waals surface area (Å²) in [4.78, 5) is 0. The first-order valence-electron chi connectivity index (χ1n) is 4.66. The molecule has 1 heterocycles. The Bertz CT molecular complexity index is 462. The molecule has 0 radical (unpaired) electrons. The van der Waals surface area contributed by atoms with E-state index in [1.165, 1.54) is 0 Å². The van der Waals surface area contributed by atoms with Gasteiger partial charge in [-0.2, -0.15) is 0 Å². The van der Waals surface area contributed by atoms with Crippen molar-refractivity contribution < 1.29 is 9.52 Å². The van der Waals surface area contributed by atoms with Crippen LogP contribution in [0.3, 0.4) is 0 Å². The Morgan fingerprint density at radius 1 is 1.33 bits per heavy atom. The summed E-state index contributed by atoms with van der Waals surface area (Å²) < 4.78 is 5.14. The molecule has 0 spiro atoms. The lowest BCUT2D eigenvalue weighted by atomic mass is 10.0. The van der Waals surface area contributed by atoms with Gasteiger partial charge in [0.2, 0.25) is 0 Å². The van der Waals surface area contributed by atoms with Gasteiger partial charge in [-0.25, -0.2) is 0 Å². The molecule has 0 fully saturated rings. The number of aliphatic hydroxyl groups excluding tert-OH is 1. The van der Waals surface area contributed by atoms with E-state index in [0.29, 0.717) is 5.02 Å². The maximum absolute atomic E-state index is 10.1. The van der Waals surface area contributed by atoms with E-state index in [-0.39, 0.29) is 0 Å². The number of benzene rings is 1. The lowest BCUT2D eigenvalue weighted by molar-refractivity contribution is 0.218. The molecular formula is C12H11ClO2. The molecule has 1 atom stereocenters. The Morgan fingerprint density at radius 2 is 2.13 bits per heavy atom. The summed E-state index contributed by atoms with van der Waals surface area (Å²) in [6.07, 6.45) is 0.890. The molecule has 2 aromatic rings. The van der Waals surface area contributed by atoms with Gasteiger partial charge < -0.3 is 9.52 Å². The predicted molar refractivity (Wildman–Crippen MR) is 59.0 cm³/mol. The second-order valence-electron chi connectivity index (χ2n) is 3.39. The van der Waals surface area contributed by atoms with Crippen molar-refractivity contribution in [1.82, 2.24) is 0 Å². The Kier molecular flexibility index (Phi) is 2.80.